The van der Waals surface area contributed by atoms with E-state index in [1.807, 2.05) is 0 Å². The Morgan fingerprint density at radius 2 is 2.19 bits per heavy atom. The minimum absolute atomic E-state index is 0.477. The van der Waals surface area contributed by atoms with Crippen LogP contribution in [0.15, 0.2) is 10.4 Å². The van der Waals surface area contributed by atoms with Gasteiger partial charge in [0.15, 0.2) is 5.96 Å². The molecule has 1 aromatic heterocycles. The molecule has 148 valence electrons. The first-order chi connectivity index (χ1) is 12.7. The summed E-state index contributed by atoms with van der Waals surface area (Å²) in [6, 6.07) is 0. The number of ether oxygens (including phenoxy) is 2. The van der Waals surface area contributed by atoms with E-state index >= 15 is 0 Å². The Bertz CT molecular complexity index is 527. The SMILES string of the molecule is CCNC(=NCc1csc(C(C)C)n1)NCCCOCC1CCOCC1. The Hall–Kier alpha value is -1.18. The van der Waals surface area contributed by atoms with Crippen LogP contribution >= 0.6 is 11.3 Å². The lowest BCUT2D eigenvalue weighted by atomic mass is 10.0. The van der Waals surface area contributed by atoms with Crippen molar-refractivity contribution in [1.29, 1.82) is 0 Å². The van der Waals surface area contributed by atoms with Crippen LogP contribution in [-0.2, 0) is 16.0 Å². The average molecular weight is 383 g/mol. The van der Waals surface area contributed by atoms with Crippen molar-refractivity contribution in [3.05, 3.63) is 16.1 Å². The summed E-state index contributed by atoms with van der Waals surface area (Å²) in [4.78, 5) is 9.27. The van der Waals surface area contributed by atoms with E-state index in [4.69, 9.17) is 9.47 Å². The zero-order valence-electron chi connectivity index (χ0n) is 16.4. The molecule has 1 aromatic rings. The van der Waals surface area contributed by atoms with Gasteiger partial charge in [0.05, 0.1) is 17.2 Å². The number of aliphatic imine (C=N–C) groups is 1. The first-order valence-electron chi connectivity index (χ1n) is 9.81. The van der Waals surface area contributed by atoms with Crippen LogP contribution in [0.4, 0.5) is 0 Å². The number of guanidine groups is 1. The molecule has 1 aliphatic rings. The van der Waals surface area contributed by atoms with Crippen molar-refractivity contribution in [2.24, 2.45) is 10.9 Å². The average Bonchev–Trinajstić information content (AvgIpc) is 3.12. The maximum atomic E-state index is 5.80. The van der Waals surface area contributed by atoms with Gasteiger partial charge in [0.25, 0.3) is 0 Å². The zero-order chi connectivity index (χ0) is 18.6. The predicted octanol–water partition coefficient (Wildman–Crippen LogP) is 3.15. The molecule has 1 saturated heterocycles. The summed E-state index contributed by atoms with van der Waals surface area (Å²) in [5.74, 6) is 1.99. The zero-order valence-corrected chi connectivity index (χ0v) is 17.2. The van der Waals surface area contributed by atoms with Crippen molar-refractivity contribution in [3.8, 4) is 0 Å². The lowest BCUT2D eigenvalue weighted by Gasteiger charge is -2.21. The van der Waals surface area contributed by atoms with Crippen LogP contribution < -0.4 is 10.6 Å². The van der Waals surface area contributed by atoms with Crippen LogP contribution in [0.25, 0.3) is 0 Å². The fourth-order valence-electron chi connectivity index (χ4n) is 2.71. The summed E-state index contributed by atoms with van der Waals surface area (Å²) in [5, 5.41) is 9.94. The molecule has 7 heteroatoms. The van der Waals surface area contributed by atoms with Crippen molar-refractivity contribution in [2.75, 3.05) is 39.5 Å². The molecule has 2 rings (SSSR count). The van der Waals surface area contributed by atoms with Crippen LogP contribution in [0, 0.1) is 5.92 Å². The smallest absolute Gasteiger partial charge is 0.191 e. The maximum Gasteiger partial charge on any atom is 0.191 e. The lowest BCUT2D eigenvalue weighted by Crippen LogP contribution is -2.38. The molecule has 0 saturated carbocycles. The van der Waals surface area contributed by atoms with E-state index in [0.717, 1.165) is 70.4 Å². The summed E-state index contributed by atoms with van der Waals surface area (Å²) in [5.41, 5.74) is 1.04. The van der Waals surface area contributed by atoms with Gasteiger partial charge < -0.3 is 20.1 Å². The fourth-order valence-corrected chi connectivity index (χ4v) is 3.53. The molecule has 2 N–H and O–H groups in total. The first-order valence-corrected chi connectivity index (χ1v) is 10.7. The van der Waals surface area contributed by atoms with Gasteiger partial charge in [-0.05, 0) is 32.1 Å². The second-order valence-corrected chi connectivity index (χ2v) is 7.83. The molecule has 2 heterocycles. The maximum absolute atomic E-state index is 5.80. The Kier molecular flexibility index (Phi) is 9.95. The molecular weight excluding hydrogens is 348 g/mol. The van der Waals surface area contributed by atoms with E-state index in [1.54, 1.807) is 11.3 Å². The molecule has 0 aromatic carbocycles. The largest absolute Gasteiger partial charge is 0.381 e. The highest BCUT2D eigenvalue weighted by atomic mass is 32.1. The second kappa shape index (κ2) is 12.3. The fraction of sp³-hybridized carbons (Fsp3) is 0.789. The van der Waals surface area contributed by atoms with Crippen molar-refractivity contribution in [3.63, 3.8) is 0 Å². The van der Waals surface area contributed by atoms with Crippen LogP contribution in [0.2, 0.25) is 0 Å². The molecule has 1 fully saturated rings. The Morgan fingerprint density at radius 3 is 2.88 bits per heavy atom. The highest BCUT2D eigenvalue weighted by molar-refractivity contribution is 7.09. The first kappa shape index (κ1) is 21.1. The lowest BCUT2D eigenvalue weighted by molar-refractivity contribution is 0.0203. The number of thiazole rings is 1. The van der Waals surface area contributed by atoms with Crippen LogP contribution in [0.3, 0.4) is 0 Å². The molecule has 1 aliphatic heterocycles. The van der Waals surface area contributed by atoms with E-state index < -0.39 is 0 Å². The minimum Gasteiger partial charge on any atom is -0.381 e. The third-order valence-corrected chi connectivity index (χ3v) is 5.45. The van der Waals surface area contributed by atoms with Crippen molar-refractivity contribution < 1.29 is 9.47 Å². The molecule has 0 atom stereocenters. The Balaban J connectivity index is 1.63. The predicted molar refractivity (Wildman–Crippen MR) is 108 cm³/mol. The third kappa shape index (κ3) is 8.01. The van der Waals surface area contributed by atoms with Gasteiger partial charge in [0.2, 0.25) is 0 Å². The normalized spacial score (nSPS) is 16.2. The van der Waals surface area contributed by atoms with Gasteiger partial charge in [-0.25, -0.2) is 9.98 Å². The second-order valence-electron chi connectivity index (χ2n) is 6.94. The third-order valence-electron chi connectivity index (χ3n) is 4.26. The Labute approximate surface area is 161 Å². The summed E-state index contributed by atoms with van der Waals surface area (Å²) in [6.45, 7) is 12.1. The molecular formula is C19H34N4O2S. The monoisotopic (exact) mass is 382 g/mol. The van der Waals surface area contributed by atoms with E-state index in [9.17, 15) is 0 Å². The van der Waals surface area contributed by atoms with Crippen molar-refractivity contribution >= 4 is 17.3 Å². The van der Waals surface area contributed by atoms with Gasteiger partial charge in [-0.1, -0.05) is 13.8 Å². The molecule has 6 nitrogen and oxygen atoms in total. The minimum atomic E-state index is 0.477. The highest BCUT2D eigenvalue weighted by Crippen LogP contribution is 2.19. The van der Waals surface area contributed by atoms with Crippen LogP contribution in [0.1, 0.15) is 56.7 Å². The van der Waals surface area contributed by atoms with Gasteiger partial charge in [-0.15, -0.1) is 11.3 Å². The van der Waals surface area contributed by atoms with Gasteiger partial charge in [-0.2, -0.15) is 0 Å². The van der Waals surface area contributed by atoms with Crippen LogP contribution in [0.5, 0.6) is 0 Å². The molecule has 0 amide bonds. The van der Waals surface area contributed by atoms with E-state index in [2.05, 4.69) is 46.8 Å². The summed E-state index contributed by atoms with van der Waals surface area (Å²) < 4.78 is 11.2. The Morgan fingerprint density at radius 1 is 1.38 bits per heavy atom. The highest BCUT2D eigenvalue weighted by Gasteiger charge is 2.13. The molecule has 26 heavy (non-hydrogen) atoms. The quantitative estimate of drug-likeness (QED) is 0.370. The van der Waals surface area contributed by atoms with Gasteiger partial charge in [-0.3, -0.25) is 0 Å². The molecule has 0 bridgehead atoms. The molecule has 0 aliphatic carbocycles. The number of nitrogens with one attached hydrogen (secondary N) is 2. The van der Waals surface area contributed by atoms with Gasteiger partial charge in [0.1, 0.15) is 0 Å². The van der Waals surface area contributed by atoms with Crippen molar-refractivity contribution in [2.45, 2.75) is 52.5 Å². The number of aromatic nitrogens is 1. The summed E-state index contributed by atoms with van der Waals surface area (Å²) >= 11 is 1.72. The topological polar surface area (TPSA) is 67.8 Å². The van der Waals surface area contributed by atoms with E-state index in [0.29, 0.717) is 18.4 Å². The number of hydrogen-bond acceptors (Lipinski definition) is 5. The number of nitrogens with zero attached hydrogens (tertiary/aromatic N) is 2. The molecule has 0 unspecified atom stereocenters. The van der Waals surface area contributed by atoms with Gasteiger partial charge in [0, 0.05) is 50.8 Å². The van der Waals surface area contributed by atoms with E-state index in [-0.39, 0.29) is 0 Å². The van der Waals surface area contributed by atoms with Crippen LogP contribution in [-0.4, -0.2) is 50.5 Å². The van der Waals surface area contributed by atoms with E-state index in [1.165, 1.54) is 5.01 Å². The summed E-state index contributed by atoms with van der Waals surface area (Å²) in [6.07, 6.45) is 3.23. The van der Waals surface area contributed by atoms with Crippen molar-refractivity contribution in [1.82, 2.24) is 15.6 Å². The molecule has 0 radical (unpaired) electrons. The number of hydrogen-bond donors (Lipinski definition) is 2. The number of rotatable bonds is 10. The standard InChI is InChI=1S/C19H34N4O2S/c1-4-20-19(22-12-17-14-26-18(23-17)15(2)3)21-8-5-9-25-13-16-6-10-24-11-7-16/h14-16H,4-13H2,1-3H3,(H2,20,21,22). The summed E-state index contributed by atoms with van der Waals surface area (Å²) in [7, 11) is 0. The van der Waals surface area contributed by atoms with Gasteiger partial charge >= 0.3 is 0 Å². The molecule has 0 spiro atoms.